The normalized spacial score (nSPS) is 20.5. The second-order valence-corrected chi connectivity index (χ2v) is 7.95. The van der Waals surface area contributed by atoms with Crippen molar-refractivity contribution in [3.05, 3.63) is 40.4 Å². The SMILES string of the molecule is CC1(C)CN(C(=O)c2csc(-c3ccc(Cl)cc3)n2)CCC1N. The first-order valence-corrected chi connectivity index (χ1v) is 8.89. The number of carbonyl (C=O) groups is 1. The van der Waals surface area contributed by atoms with Crippen LogP contribution in [0.2, 0.25) is 5.02 Å². The lowest BCUT2D eigenvalue weighted by Crippen LogP contribution is -2.54. The van der Waals surface area contributed by atoms with Gasteiger partial charge in [-0.25, -0.2) is 4.98 Å². The second-order valence-electron chi connectivity index (χ2n) is 6.66. The Balaban J connectivity index is 1.77. The summed E-state index contributed by atoms with van der Waals surface area (Å²) in [5.41, 5.74) is 7.55. The van der Waals surface area contributed by atoms with Crippen LogP contribution in [0.15, 0.2) is 29.6 Å². The minimum Gasteiger partial charge on any atom is -0.337 e. The monoisotopic (exact) mass is 349 g/mol. The summed E-state index contributed by atoms with van der Waals surface area (Å²) in [4.78, 5) is 19.1. The predicted molar refractivity (Wildman–Crippen MR) is 94.8 cm³/mol. The summed E-state index contributed by atoms with van der Waals surface area (Å²) in [7, 11) is 0. The third kappa shape index (κ3) is 3.42. The Morgan fingerprint density at radius 3 is 2.74 bits per heavy atom. The highest BCUT2D eigenvalue weighted by Crippen LogP contribution is 2.30. The van der Waals surface area contributed by atoms with E-state index < -0.39 is 0 Å². The first-order valence-electron chi connectivity index (χ1n) is 7.63. The molecular formula is C17H20ClN3OS. The number of nitrogens with zero attached hydrogens (tertiary/aromatic N) is 2. The van der Waals surface area contributed by atoms with E-state index in [2.05, 4.69) is 18.8 Å². The number of halogens is 1. The highest BCUT2D eigenvalue weighted by Gasteiger charge is 2.36. The molecule has 0 aliphatic carbocycles. The molecule has 122 valence electrons. The maximum absolute atomic E-state index is 12.7. The molecule has 2 heterocycles. The predicted octanol–water partition coefficient (Wildman–Crippen LogP) is 3.66. The number of piperidine rings is 1. The minimum atomic E-state index is -0.0665. The Labute approximate surface area is 145 Å². The lowest BCUT2D eigenvalue weighted by atomic mass is 9.79. The standard InChI is InChI=1S/C17H20ClN3OS/c1-17(2)10-21(8-7-14(17)19)16(22)13-9-23-15(20-13)11-3-5-12(18)6-4-11/h3-6,9,14H,7-8,10,19H2,1-2H3. The van der Waals surface area contributed by atoms with Gasteiger partial charge in [0.05, 0.1) is 0 Å². The van der Waals surface area contributed by atoms with Crippen LogP contribution in [0.4, 0.5) is 0 Å². The molecule has 1 aliphatic rings. The van der Waals surface area contributed by atoms with Crippen molar-refractivity contribution in [2.45, 2.75) is 26.3 Å². The Morgan fingerprint density at radius 2 is 2.09 bits per heavy atom. The lowest BCUT2D eigenvalue weighted by Gasteiger charge is -2.42. The molecule has 1 unspecified atom stereocenters. The molecule has 2 aromatic rings. The number of likely N-dealkylation sites (tertiary alicyclic amines) is 1. The Kier molecular flexibility index (Phi) is 4.45. The van der Waals surface area contributed by atoms with Crippen LogP contribution in [-0.4, -0.2) is 34.9 Å². The molecule has 0 bridgehead atoms. The van der Waals surface area contributed by atoms with Gasteiger partial charge in [0.2, 0.25) is 0 Å². The summed E-state index contributed by atoms with van der Waals surface area (Å²) in [6, 6.07) is 7.62. The molecular weight excluding hydrogens is 330 g/mol. The minimum absolute atomic E-state index is 0.0126. The van der Waals surface area contributed by atoms with Crippen LogP contribution in [0.1, 0.15) is 30.8 Å². The van der Waals surface area contributed by atoms with Gasteiger partial charge in [0, 0.05) is 35.1 Å². The van der Waals surface area contributed by atoms with Gasteiger partial charge in [0.15, 0.2) is 0 Å². The molecule has 3 rings (SSSR count). The highest BCUT2D eigenvalue weighted by atomic mass is 35.5. The number of carbonyl (C=O) groups excluding carboxylic acids is 1. The number of thiazole rings is 1. The van der Waals surface area contributed by atoms with E-state index in [0.717, 1.165) is 17.0 Å². The molecule has 0 radical (unpaired) electrons. The maximum Gasteiger partial charge on any atom is 0.273 e. The lowest BCUT2D eigenvalue weighted by molar-refractivity contribution is 0.0528. The summed E-state index contributed by atoms with van der Waals surface area (Å²) < 4.78 is 0. The molecule has 6 heteroatoms. The van der Waals surface area contributed by atoms with Crippen LogP contribution in [0, 0.1) is 5.41 Å². The summed E-state index contributed by atoms with van der Waals surface area (Å²) in [6.45, 7) is 5.58. The molecule has 0 spiro atoms. The number of rotatable bonds is 2. The summed E-state index contributed by atoms with van der Waals surface area (Å²) in [5.74, 6) is -0.0126. The van der Waals surface area contributed by atoms with Gasteiger partial charge in [0.1, 0.15) is 10.7 Å². The third-order valence-electron chi connectivity index (χ3n) is 4.41. The van der Waals surface area contributed by atoms with E-state index in [0.29, 0.717) is 23.8 Å². The van der Waals surface area contributed by atoms with Crippen molar-refractivity contribution in [2.75, 3.05) is 13.1 Å². The number of amides is 1. The number of aromatic nitrogens is 1. The zero-order valence-electron chi connectivity index (χ0n) is 13.3. The molecule has 1 amide bonds. The first-order chi connectivity index (χ1) is 10.9. The molecule has 4 nitrogen and oxygen atoms in total. The van der Waals surface area contributed by atoms with Gasteiger partial charge in [-0.1, -0.05) is 37.6 Å². The number of nitrogens with two attached hydrogens (primary N) is 1. The summed E-state index contributed by atoms with van der Waals surface area (Å²) in [5, 5.41) is 3.35. The van der Waals surface area contributed by atoms with Crippen LogP contribution in [0.25, 0.3) is 10.6 Å². The number of hydrogen-bond acceptors (Lipinski definition) is 4. The quantitative estimate of drug-likeness (QED) is 0.900. The van der Waals surface area contributed by atoms with E-state index in [1.807, 2.05) is 34.5 Å². The summed E-state index contributed by atoms with van der Waals surface area (Å²) in [6.07, 6.45) is 0.826. The smallest absolute Gasteiger partial charge is 0.273 e. The fourth-order valence-electron chi connectivity index (χ4n) is 2.81. The average molecular weight is 350 g/mol. The van der Waals surface area contributed by atoms with Gasteiger partial charge in [-0.2, -0.15) is 0 Å². The number of hydrogen-bond donors (Lipinski definition) is 1. The van der Waals surface area contributed by atoms with Gasteiger partial charge >= 0.3 is 0 Å². The van der Waals surface area contributed by atoms with Crippen LogP contribution >= 0.6 is 22.9 Å². The fourth-order valence-corrected chi connectivity index (χ4v) is 3.73. The third-order valence-corrected chi connectivity index (χ3v) is 5.56. The van der Waals surface area contributed by atoms with E-state index in [1.165, 1.54) is 11.3 Å². The molecule has 23 heavy (non-hydrogen) atoms. The van der Waals surface area contributed by atoms with Crippen molar-refractivity contribution in [1.29, 1.82) is 0 Å². The van der Waals surface area contributed by atoms with Crippen molar-refractivity contribution in [3.63, 3.8) is 0 Å². The van der Waals surface area contributed by atoms with Crippen molar-refractivity contribution >= 4 is 28.8 Å². The highest BCUT2D eigenvalue weighted by molar-refractivity contribution is 7.13. The van der Waals surface area contributed by atoms with Crippen molar-refractivity contribution in [2.24, 2.45) is 11.1 Å². The van der Waals surface area contributed by atoms with Gasteiger partial charge in [0.25, 0.3) is 5.91 Å². The van der Waals surface area contributed by atoms with E-state index in [1.54, 1.807) is 0 Å². The topological polar surface area (TPSA) is 59.2 Å². The Bertz CT molecular complexity index is 711. The van der Waals surface area contributed by atoms with Crippen molar-refractivity contribution in [3.8, 4) is 10.6 Å². The van der Waals surface area contributed by atoms with E-state index in [-0.39, 0.29) is 17.4 Å². The second kappa shape index (κ2) is 6.23. The van der Waals surface area contributed by atoms with E-state index in [4.69, 9.17) is 17.3 Å². The molecule has 1 aromatic carbocycles. The van der Waals surface area contributed by atoms with Gasteiger partial charge < -0.3 is 10.6 Å². The summed E-state index contributed by atoms with van der Waals surface area (Å²) >= 11 is 7.38. The van der Waals surface area contributed by atoms with E-state index in [9.17, 15) is 4.79 Å². The van der Waals surface area contributed by atoms with E-state index >= 15 is 0 Å². The van der Waals surface area contributed by atoms with Crippen LogP contribution < -0.4 is 5.73 Å². The van der Waals surface area contributed by atoms with Gasteiger partial charge in [-0.3, -0.25) is 4.79 Å². The molecule has 1 aromatic heterocycles. The van der Waals surface area contributed by atoms with Crippen LogP contribution in [0.3, 0.4) is 0 Å². The number of benzene rings is 1. The molecule has 1 aliphatic heterocycles. The Hall–Kier alpha value is -1.43. The van der Waals surface area contributed by atoms with Crippen molar-refractivity contribution < 1.29 is 4.79 Å². The van der Waals surface area contributed by atoms with Crippen molar-refractivity contribution in [1.82, 2.24) is 9.88 Å². The largest absolute Gasteiger partial charge is 0.337 e. The zero-order chi connectivity index (χ0) is 16.6. The molecule has 1 fully saturated rings. The fraction of sp³-hybridized carbons (Fsp3) is 0.412. The van der Waals surface area contributed by atoms with Gasteiger partial charge in [-0.15, -0.1) is 11.3 Å². The first kappa shape index (κ1) is 16.4. The zero-order valence-corrected chi connectivity index (χ0v) is 14.8. The average Bonchev–Trinajstić information content (AvgIpc) is 3.00. The molecule has 2 N–H and O–H groups in total. The molecule has 1 saturated heterocycles. The van der Waals surface area contributed by atoms with Crippen LogP contribution in [0.5, 0.6) is 0 Å². The molecule has 0 saturated carbocycles. The van der Waals surface area contributed by atoms with Crippen LogP contribution in [-0.2, 0) is 0 Å². The molecule has 1 atom stereocenters. The van der Waals surface area contributed by atoms with Gasteiger partial charge in [-0.05, 0) is 24.0 Å². The Morgan fingerprint density at radius 1 is 1.39 bits per heavy atom. The maximum atomic E-state index is 12.7.